The van der Waals surface area contributed by atoms with Crippen LogP contribution in [0.15, 0.2) is 22.7 Å². The normalized spacial score (nSPS) is 18.3. The van der Waals surface area contributed by atoms with Gasteiger partial charge in [0.05, 0.1) is 25.4 Å². The number of benzene rings is 1. The van der Waals surface area contributed by atoms with Gasteiger partial charge in [-0.15, -0.1) is 0 Å². The third kappa shape index (κ3) is 2.81. The maximum atomic E-state index is 5.74. The molecule has 1 heterocycles. The summed E-state index contributed by atoms with van der Waals surface area (Å²) < 4.78 is 18.1. The SMILES string of the molecule is CCCOc1ccc(Br)cc1C1(C)OCCO1. The molecule has 0 aromatic heterocycles. The number of rotatable bonds is 4. The monoisotopic (exact) mass is 300 g/mol. The first-order valence-electron chi connectivity index (χ1n) is 5.86. The van der Waals surface area contributed by atoms with Crippen molar-refractivity contribution in [3.63, 3.8) is 0 Å². The maximum Gasteiger partial charge on any atom is 0.195 e. The summed E-state index contributed by atoms with van der Waals surface area (Å²) in [5.41, 5.74) is 0.942. The summed E-state index contributed by atoms with van der Waals surface area (Å²) in [4.78, 5) is 0. The predicted octanol–water partition coefficient (Wildman–Crippen LogP) is 3.46. The first-order valence-corrected chi connectivity index (χ1v) is 6.66. The molecule has 1 aromatic carbocycles. The molecule has 0 bridgehead atoms. The highest BCUT2D eigenvalue weighted by molar-refractivity contribution is 9.10. The highest BCUT2D eigenvalue weighted by Gasteiger charge is 2.36. The van der Waals surface area contributed by atoms with Gasteiger partial charge in [0.1, 0.15) is 5.75 Å². The van der Waals surface area contributed by atoms with E-state index in [0.717, 1.165) is 22.2 Å². The van der Waals surface area contributed by atoms with Gasteiger partial charge >= 0.3 is 0 Å². The second kappa shape index (κ2) is 5.38. The third-order valence-electron chi connectivity index (χ3n) is 2.73. The molecule has 0 unspecified atom stereocenters. The summed E-state index contributed by atoms with van der Waals surface area (Å²) in [7, 11) is 0. The Kier molecular flexibility index (Phi) is 4.07. The Labute approximate surface area is 110 Å². The minimum Gasteiger partial charge on any atom is -0.493 e. The Morgan fingerprint density at radius 3 is 2.71 bits per heavy atom. The standard InChI is InChI=1S/C13H17BrO3/c1-3-6-15-12-5-4-10(14)9-11(12)13(2)16-7-8-17-13/h4-5,9H,3,6-8H2,1-2H3. The van der Waals surface area contributed by atoms with Crippen molar-refractivity contribution in [2.45, 2.75) is 26.1 Å². The first kappa shape index (κ1) is 12.9. The van der Waals surface area contributed by atoms with Crippen molar-refractivity contribution < 1.29 is 14.2 Å². The summed E-state index contributed by atoms with van der Waals surface area (Å²) in [6.45, 7) is 5.96. The molecule has 94 valence electrons. The number of hydrogen-bond acceptors (Lipinski definition) is 3. The van der Waals surface area contributed by atoms with E-state index in [2.05, 4.69) is 22.9 Å². The number of hydrogen-bond donors (Lipinski definition) is 0. The van der Waals surface area contributed by atoms with Crippen LogP contribution in [0.5, 0.6) is 5.75 Å². The zero-order chi connectivity index (χ0) is 12.3. The molecule has 0 N–H and O–H groups in total. The van der Waals surface area contributed by atoms with Gasteiger partial charge in [-0.05, 0) is 31.5 Å². The molecular weight excluding hydrogens is 284 g/mol. The van der Waals surface area contributed by atoms with E-state index < -0.39 is 5.79 Å². The van der Waals surface area contributed by atoms with Crippen LogP contribution in [0.25, 0.3) is 0 Å². The van der Waals surface area contributed by atoms with Crippen molar-refractivity contribution >= 4 is 15.9 Å². The van der Waals surface area contributed by atoms with E-state index in [4.69, 9.17) is 14.2 Å². The van der Waals surface area contributed by atoms with Crippen LogP contribution < -0.4 is 4.74 Å². The highest BCUT2D eigenvalue weighted by atomic mass is 79.9. The van der Waals surface area contributed by atoms with E-state index in [-0.39, 0.29) is 0 Å². The average Bonchev–Trinajstić information content (AvgIpc) is 2.76. The number of ether oxygens (including phenoxy) is 3. The van der Waals surface area contributed by atoms with Crippen molar-refractivity contribution in [2.75, 3.05) is 19.8 Å². The summed E-state index contributed by atoms with van der Waals surface area (Å²) in [5, 5.41) is 0. The molecule has 1 aromatic rings. The topological polar surface area (TPSA) is 27.7 Å². The molecule has 2 rings (SSSR count). The van der Waals surface area contributed by atoms with Gasteiger partial charge in [0.25, 0.3) is 0 Å². The number of halogens is 1. The first-order chi connectivity index (χ1) is 8.15. The molecule has 0 spiro atoms. The minimum absolute atomic E-state index is 0.621. The smallest absolute Gasteiger partial charge is 0.195 e. The molecule has 3 nitrogen and oxygen atoms in total. The lowest BCUT2D eigenvalue weighted by molar-refractivity contribution is -0.150. The lowest BCUT2D eigenvalue weighted by Gasteiger charge is -2.25. The lowest BCUT2D eigenvalue weighted by Crippen LogP contribution is -2.23. The van der Waals surface area contributed by atoms with Crippen molar-refractivity contribution in [1.29, 1.82) is 0 Å². The van der Waals surface area contributed by atoms with Crippen molar-refractivity contribution in [1.82, 2.24) is 0 Å². The molecule has 1 aliphatic heterocycles. The fraction of sp³-hybridized carbons (Fsp3) is 0.538. The Morgan fingerprint density at radius 2 is 2.06 bits per heavy atom. The molecule has 1 aliphatic rings. The average molecular weight is 301 g/mol. The Morgan fingerprint density at radius 1 is 1.35 bits per heavy atom. The van der Waals surface area contributed by atoms with Crippen molar-refractivity contribution in [2.24, 2.45) is 0 Å². The van der Waals surface area contributed by atoms with Crippen molar-refractivity contribution in [3.8, 4) is 5.75 Å². The molecule has 0 atom stereocenters. The Hall–Kier alpha value is -0.580. The molecule has 0 aliphatic carbocycles. The fourth-order valence-electron chi connectivity index (χ4n) is 1.86. The summed E-state index contributed by atoms with van der Waals surface area (Å²) in [6.07, 6.45) is 0.980. The Bertz CT molecular complexity index is 386. The van der Waals surface area contributed by atoms with Gasteiger partial charge in [-0.3, -0.25) is 0 Å². The Balaban J connectivity index is 2.32. The van der Waals surface area contributed by atoms with Crippen LogP contribution in [0.3, 0.4) is 0 Å². The van der Waals surface area contributed by atoms with Crippen LogP contribution in [0, 0.1) is 0 Å². The zero-order valence-corrected chi connectivity index (χ0v) is 11.7. The molecule has 0 saturated carbocycles. The summed E-state index contributed by atoms with van der Waals surface area (Å²) in [5.74, 6) is 0.145. The van der Waals surface area contributed by atoms with Gasteiger partial charge < -0.3 is 14.2 Å². The molecule has 1 saturated heterocycles. The summed E-state index contributed by atoms with van der Waals surface area (Å²) >= 11 is 3.47. The predicted molar refractivity (Wildman–Crippen MR) is 69.2 cm³/mol. The van der Waals surface area contributed by atoms with Crippen LogP contribution in [-0.4, -0.2) is 19.8 Å². The van der Waals surface area contributed by atoms with Crippen LogP contribution >= 0.6 is 15.9 Å². The molecule has 17 heavy (non-hydrogen) atoms. The van der Waals surface area contributed by atoms with Gasteiger partial charge in [0, 0.05) is 4.47 Å². The molecular formula is C13H17BrO3. The molecule has 4 heteroatoms. The molecule has 0 radical (unpaired) electrons. The second-order valence-corrected chi connectivity index (χ2v) is 5.05. The molecule has 0 amide bonds. The maximum absolute atomic E-state index is 5.74. The van der Waals surface area contributed by atoms with Crippen molar-refractivity contribution in [3.05, 3.63) is 28.2 Å². The van der Waals surface area contributed by atoms with Gasteiger partial charge in [-0.1, -0.05) is 22.9 Å². The van der Waals surface area contributed by atoms with Gasteiger partial charge in [-0.2, -0.15) is 0 Å². The van der Waals surface area contributed by atoms with Crippen LogP contribution in [0.1, 0.15) is 25.8 Å². The quantitative estimate of drug-likeness (QED) is 0.852. The third-order valence-corrected chi connectivity index (χ3v) is 3.22. The van der Waals surface area contributed by atoms with Gasteiger partial charge in [-0.25, -0.2) is 0 Å². The van der Waals surface area contributed by atoms with Crippen LogP contribution in [0.4, 0.5) is 0 Å². The van der Waals surface area contributed by atoms with E-state index >= 15 is 0 Å². The van der Waals surface area contributed by atoms with E-state index in [9.17, 15) is 0 Å². The lowest BCUT2D eigenvalue weighted by atomic mass is 10.1. The fourth-order valence-corrected chi connectivity index (χ4v) is 2.23. The highest BCUT2D eigenvalue weighted by Crippen LogP contribution is 2.38. The van der Waals surface area contributed by atoms with E-state index in [0.29, 0.717) is 19.8 Å². The van der Waals surface area contributed by atoms with E-state index in [1.54, 1.807) is 0 Å². The largest absolute Gasteiger partial charge is 0.493 e. The van der Waals surface area contributed by atoms with E-state index in [1.807, 2.05) is 25.1 Å². The van der Waals surface area contributed by atoms with Gasteiger partial charge in [0.2, 0.25) is 0 Å². The zero-order valence-electron chi connectivity index (χ0n) is 10.2. The molecule has 1 fully saturated rings. The van der Waals surface area contributed by atoms with E-state index in [1.165, 1.54) is 0 Å². The van der Waals surface area contributed by atoms with Crippen LogP contribution in [-0.2, 0) is 15.3 Å². The second-order valence-electron chi connectivity index (χ2n) is 4.13. The minimum atomic E-state index is -0.688. The van der Waals surface area contributed by atoms with Gasteiger partial charge in [0.15, 0.2) is 5.79 Å². The summed E-state index contributed by atoms with van der Waals surface area (Å²) in [6, 6.07) is 5.91. The van der Waals surface area contributed by atoms with Crippen LogP contribution in [0.2, 0.25) is 0 Å².